The minimum Gasteiger partial charge on any atom is -0.383 e. The summed E-state index contributed by atoms with van der Waals surface area (Å²) in [4.78, 5) is 11.9. The SMILES string of the molecule is CCC(=O)c1cccc(S(=O)(=O)NCC2(COC)CCCN2)c1. The molecule has 1 atom stereocenters. The van der Waals surface area contributed by atoms with Gasteiger partial charge in [-0.05, 0) is 31.5 Å². The summed E-state index contributed by atoms with van der Waals surface area (Å²) in [6.45, 7) is 3.31. The molecular weight excluding hydrogens is 316 g/mol. The van der Waals surface area contributed by atoms with Crippen LogP contribution in [0.5, 0.6) is 0 Å². The number of rotatable bonds is 8. The summed E-state index contributed by atoms with van der Waals surface area (Å²) >= 11 is 0. The molecule has 0 radical (unpaired) electrons. The van der Waals surface area contributed by atoms with E-state index in [4.69, 9.17) is 4.74 Å². The number of Topliss-reactive ketones (excluding diaryl/α,β-unsaturated/α-hetero) is 1. The van der Waals surface area contributed by atoms with Gasteiger partial charge in [0, 0.05) is 25.6 Å². The van der Waals surface area contributed by atoms with Gasteiger partial charge in [0.25, 0.3) is 0 Å². The molecule has 1 aromatic rings. The molecule has 1 aliphatic rings. The lowest BCUT2D eigenvalue weighted by Gasteiger charge is -2.28. The van der Waals surface area contributed by atoms with Crippen LogP contribution in [0.1, 0.15) is 36.5 Å². The molecule has 1 saturated heterocycles. The molecule has 1 aliphatic heterocycles. The maximum atomic E-state index is 12.5. The zero-order valence-corrected chi connectivity index (χ0v) is 14.4. The lowest BCUT2D eigenvalue weighted by Crippen LogP contribution is -2.52. The Kier molecular flexibility index (Phi) is 5.91. The first-order valence-corrected chi connectivity index (χ1v) is 9.28. The van der Waals surface area contributed by atoms with E-state index in [-0.39, 0.29) is 22.8 Å². The van der Waals surface area contributed by atoms with Crippen molar-refractivity contribution in [3.05, 3.63) is 29.8 Å². The standard InChI is InChI=1S/C16H24N2O4S/c1-3-15(19)13-6-4-7-14(10-13)23(20,21)18-11-16(12-22-2)8-5-9-17-16/h4,6-7,10,17-18H,3,5,8-9,11-12H2,1-2H3. The fourth-order valence-corrected chi connectivity index (χ4v) is 4.00. The second kappa shape index (κ2) is 7.53. The van der Waals surface area contributed by atoms with E-state index in [1.165, 1.54) is 12.1 Å². The minimum atomic E-state index is -3.67. The van der Waals surface area contributed by atoms with E-state index in [9.17, 15) is 13.2 Å². The van der Waals surface area contributed by atoms with E-state index in [0.717, 1.165) is 19.4 Å². The molecule has 1 fully saturated rings. The Morgan fingerprint density at radius 2 is 2.22 bits per heavy atom. The van der Waals surface area contributed by atoms with Crippen molar-refractivity contribution in [2.45, 2.75) is 36.6 Å². The fraction of sp³-hybridized carbons (Fsp3) is 0.562. The second-order valence-electron chi connectivity index (χ2n) is 5.87. The third kappa shape index (κ3) is 4.38. The van der Waals surface area contributed by atoms with Crippen LogP contribution in [0.2, 0.25) is 0 Å². The Bertz CT molecular complexity index is 652. The van der Waals surface area contributed by atoms with Gasteiger partial charge >= 0.3 is 0 Å². The lowest BCUT2D eigenvalue weighted by molar-refractivity contribution is 0.0988. The first-order chi connectivity index (χ1) is 10.9. The van der Waals surface area contributed by atoms with Crippen molar-refractivity contribution in [3.8, 4) is 0 Å². The summed E-state index contributed by atoms with van der Waals surface area (Å²) in [6, 6.07) is 6.16. The van der Waals surface area contributed by atoms with Crippen molar-refractivity contribution in [1.82, 2.24) is 10.0 Å². The van der Waals surface area contributed by atoms with Crippen molar-refractivity contribution in [2.75, 3.05) is 26.8 Å². The molecule has 1 aromatic carbocycles. The average Bonchev–Trinajstić information content (AvgIpc) is 3.02. The topological polar surface area (TPSA) is 84.5 Å². The van der Waals surface area contributed by atoms with Gasteiger partial charge < -0.3 is 10.1 Å². The maximum Gasteiger partial charge on any atom is 0.240 e. The van der Waals surface area contributed by atoms with Crippen LogP contribution in [-0.4, -0.2) is 46.5 Å². The number of ether oxygens (including phenoxy) is 1. The third-order valence-electron chi connectivity index (χ3n) is 4.14. The van der Waals surface area contributed by atoms with E-state index < -0.39 is 10.0 Å². The van der Waals surface area contributed by atoms with Gasteiger partial charge in [0.2, 0.25) is 10.0 Å². The molecule has 0 aliphatic carbocycles. The van der Waals surface area contributed by atoms with Gasteiger partial charge in [0.1, 0.15) is 0 Å². The summed E-state index contributed by atoms with van der Waals surface area (Å²) < 4.78 is 32.9. The number of hydrogen-bond acceptors (Lipinski definition) is 5. The zero-order chi connectivity index (χ0) is 16.9. The van der Waals surface area contributed by atoms with Crippen molar-refractivity contribution in [3.63, 3.8) is 0 Å². The number of ketones is 1. The molecular formula is C16H24N2O4S. The smallest absolute Gasteiger partial charge is 0.240 e. The zero-order valence-electron chi connectivity index (χ0n) is 13.6. The highest BCUT2D eigenvalue weighted by atomic mass is 32.2. The molecule has 23 heavy (non-hydrogen) atoms. The molecule has 0 bridgehead atoms. The first-order valence-electron chi connectivity index (χ1n) is 7.79. The number of carbonyl (C=O) groups excluding carboxylic acids is 1. The van der Waals surface area contributed by atoms with Crippen molar-refractivity contribution in [2.24, 2.45) is 0 Å². The molecule has 1 unspecified atom stereocenters. The van der Waals surface area contributed by atoms with E-state index in [1.54, 1.807) is 26.2 Å². The predicted molar refractivity (Wildman–Crippen MR) is 88.1 cm³/mol. The Morgan fingerprint density at radius 1 is 1.43 bits per heavy atom. The summed E-state index contributed by atoms with van der Waals surface area (Å²) in [5.41, 5.74) is 0.0551. The fourth-order valence-electron chi connectivity index (χ4n) is 2.83. The van der Waals surface area contributed by atoms with Gasteiger partial charge in [-0.3, -0.25) is 4.79 Å². The van der Waals surface area contributed by atoms with Crippen LogP contribution in [0.15, 0.2) is 29.2 Å². The average molecular weight is 340 g/mol. The quantitative estimate of drug-likeness (QED) is 0.698. The highest BCUT2D eigenvalue weighted by Crippen LogP contribution is 2.20. The maximum absolute atomic E-state index is 12.5. The number of hydrogen-bond donors (Lipinski definition) is 2. The summed E-state index contributed by atoms with van der Waals surface area (Å²) in [7, 11) is -2.06. The van der Waals surface area contributed by atoms with Crippen LogP contribution in [-0.2, 0) is 14.8 Å². The molecule has 0 aromatic heterocycles. The Morgan fingerprint density at radius 3 is 2.83 bits per heavy atom. The second-order valence-corrected chi connectivity index (χ2v) is 7.64. The van der Waals surface area contributed by atoms with E-state index in [1.807, 2.05) is 0 Å². The van der Waals surface area contributed by atoms with Crippen molar-refractivity contribution < 1.29 is 17.9 Å². The number of nitrogens with one attached hydrogen (secondary N) is 2. The lowest BCUT2D eigenvalue weighted by atomic mass is 9.99. The molecule has 2 N–H and O–H groups in total. The van der Waals surface area contributed by atoms with E-state index in [2.05, 4.69) is 10.0 Å². The van der Waals surface area contributed by atoms with E-state index >= 15 is 0 Å². The Labute approximate surface area is 137 Å². The normalized spacial score (nSPS) is 21.5. The molecule has 1 heterocycles. The summed E-state index contributed by atoms with van der Waals surface area (Å²) in [5.74, 6) is -0.0737. The van der Waals surface area contributed by atoms with Gasteiger partial charge in [0.15, 0.2) is 5.78 Å². The number of carbonyl (C=O) groups is 1. The molecule has 0 amide bonds. The van der Waals surface area contributed by atoms with Crippen molar-refractivity contribution >= 4 is 15.8 Å². The summed E-state index contributed by atoms with van der Waals surface area (Å²) in [6.07, 6.45) is 2.20. The van der Waals surface area contributed by atoms with Crippen LogP contribution in [0.3, 0.4) is 0 Å². The van der Waals surface area contributed by atoms with Gasteiger partial charge in [-0.1, -0.05) is 19.1 Å². The molecule has 128 valence electrons. The number of methoxy groups -OCH3 is 1. The predicted octanol–water partition coefficient (Wildman–Crippen LogP) is 1.33. The Hall–Kier alpha value is -1.28. The summed E-state index contributed by atoms with van der Waals surface area (Å²) in [5, 5.41) is 3.33. The van der Waals surface area contributed by atoms with E-state index in [0.29, 0.717) is 18.6 Å². The monoisotopic (exact) mass is 340 g/mol. The molecule has 0 saturated carbocycles. The molecule has 7 heteroatoms. The van der Waals surface area contributed by atoms with Gasteiger partial charge in [-0.25, -0.2) is 13.1 Å². The van der Waals surface area contributed by atoms with Crippen LogP contribution in [0.4, 0.5) is 0 Å². The van der Waals surface area contributed by atoms with Gasteiger partial charge in [-0.2, -0.15) is 0 Å². The van der Waals surface area contributed by atoms with Crippen LogP contribution >= 0.6 is 0 Å². The first kappa shape index (κ1) is 18.1. The van der Waals surface area contributed by atoms with Gasteiger partial charge in [-0.15, -0.1) is 0 Å². The van der Waals surface area contributed by atoms with Crippen LogP contribution < -0.4 is 10.0 Å². The highest BCUT2D eigenvalue weighted by molar-refractivity contribution is 7.89. The molecule has 0 spiro atoms. The number of sulfonamides is 1. The molecule has 6 nitrogen and oxygen atoms in total. The Balaban J connectivity index is 2.14. The number of benzene rings is 1. The third-order valence-corrected chi connectivity index (χ3v) is 5.54. The largest absolute Gasteiger partial charge is 0.383 e. The van der Waals surface area contributed by atoms with Gasteiger partial charge in [0.05, 0.1) is 17.0 Å². The van der Waals surface area contributed by atoms with Crippen molar-refractivity contribution in [1.29, 1.82) is 0 Å². The minimum absolute atomic E-state index is 0.0737. The molecule has 2 rings (SSSR count). The van der Waals surface area contributed by atoms with Crippen LogP contribution in [0, 0.1) is 0 Å². The highest BCUT2D eigenvalue weighted by Gasteiger charge is 2.34. The van der Waals surface area contributed by atoms with Crippen LogP contribution in [0.25, 0.3) is 0 Å².